The summed E-state index contributed by atoms with van der Waals surface area (Å²) >= 11 is -0.660. The molecule has 0 spiro atoms. The number of hydrogen-bond acceptors (Lipinski definition) is 2. The van der Waals surface area contributed by atoms with Crippen LogP contribution in [-0.4, -0.2) is 20.8 Å². The van der Waals surface area contributed by atoms with E-state index in [4.69, 9.17) is 0 Å². The lowest BCUT2D eigenvalue weighted by Gasteiger charge is -2.22. The Morgan fingerprint density at radius 1 is 1.30 bits per heavy atom. The minimum Gasteiger partial charge on any atom is -0.616 e. The van der Waals surface area contributed by atoms with E-state index in [0.29, 0.717) is 18.6 Å². The van der Waals surface area contributed by atoms with Crippen molar-refractivity contribution in [1.29, 1.82) is 0 Å². The Kier molecular flexibility index (Phi) is 1.49. The molecule has 2 heterocycles. The van der Waals surface area contributed by atoms with Crippen molar-refractivity contribution in [2.75, 3.05) is 0 Å². The highest BCUT2D eigenvalue weighted by Crippen LogP contribution is 2.36. The maximum absolute atomic E-state index is 11.3. The van der Waals surface area contributed by atoms with E-state index < -0.39 is 11.2 Å². The fourth-order valence-electron chi connectivity index (χ4n) is 1.84. The molecule has 0 aromatic rings. The zero-order valence-corrected chi connectivity index (χ0v) is 6.52. The average Bonchev–Trinajstić information content (AvgIpc) is 2.20. The third kappa shape index (κ3) is 0.883. The predicted octanol–water partition coefficient (Wildman–Crippen LogP) is 0.629. The molecule has 0 aliphatic carbocycles. The number of Topliss-reactive ketones (excluding diaryl/α,β-unsaturated/α-hetero) is 1. The van der Waals surface area contributed by atoms with E-state index in [9.17, 15) is 9.35 Å². The van der Waals surface area contributed by atoms with Crippen molar-refractivity contribution in [2.24, 2.45) is 0 Å². The number of fused-ring (bicyclic) bond motifs is 2. The van der Waals surface area contributed by atoms with E-state index in [1.165, 1.54) is 0 Å². The molecule has 2 rings (SSSR count). The summed E-state index contributed by atoms with van der Waals surface area (Å²) in [5, 5.41) is 0.456. The normalized spacial score (nSPS) is 46.1. The van der Waals surface area contributed by atoms with Crippen molar-refractivity contribution in [3.05, 3.63) is 0 Å². The summed E-state index contributed by atoms with van der Waals surface area (Å²) in [4.78, 5) is 10.9. The molecule has 2 bridgehead atoms. The van der Waals surface area contributed by atoms with Crippen LogP contribution in [0.5, 0.6) is 0 Å². The summed E-state index contributed by atoms with van der Waals surface area (Å²) in [7, 11) is 0. The van der Waals surface area contributed by atoms with Crippen molar-refractivity contribution < 1.29 is 9.35 Å². The third-order valence-corrected chi connectivity index (χ3v) is 4.50. The van der Waals surface area contributed by atoms with Crippen molar-refractivity contribution in [3.8, 4) is 0 Å². The SMILES string of the molecule is O=C1CC2CCC(C1)[S+]2[O-]. The molecular weight excluding hydrogens is 148 g/mol. The van der Waals surface area contributed by atoms with E-state index in [2.05, 4.69) is 0 Å². The molecule has 2 fully saturated rings. The number of carbonyl (C=O) groups excluding carboxylic acids is 1. The summed E-state index contributed by atoms with van der Waals surface area (Å²) < 4.78 is 11.3. The van der Waals surface area contributed by atoms with Crippen LogP contribution in [0.25, 0.3) is 0 Å². The van der Waals surface area contributed by atoms with Gasteiger partial charge in [-0.15, -0.1) is 0 Å². The molecule has 2 unspecified atom stereocenters. The number of ketones is 1. The summed E-state index contributed by atoms with van der Waals surface area (Å²) in [5.74, 6) is 0.326. The van der Waals surface area contributed by atoms with Crippen LogP contribution in [0.2, 0.25) is 0 Å². The standard InChI is InChI=1S/C7H10O2S/c8-5-3-6-1-2-7(4-5)10(6)9/h6-7H,1-4H2. The van der Waals surface area contributed by atoms with Crippen molar-refractivity contribution in [2.45, 2.75) is 36.2 Å². The number of hydrogen-bond donors (Lipinski definition) is 0. The summed E-state index contributed by atoms with van der Waals surface area (Å²) in [5.41, 5.74) is 0. The van der Waals surface area contributed by atoms with Crippen LogP contribution < -0.4 is 0 Å². The fourth-order valence-corrected chi connectivity index (χ4v) is 3.82. The largest absolute Gasteiger partial charge is 0.616 e. The molecule has 2 aliphatic heterocycles. The maximum Gasteiger partial charge on any atom is 0.142 e. The third-order valence-electron chi connectivity index (χ3n) is 2.38. The zero-order valence-electron chi connectivity index (χ0n) is 5.71. The molecule has 0 aromatic heterocycles. The fraction of sp³-hybridized carbons (Fsp3) is 0.857. The van der Waals surface area contributed by atoms with Gasteiger partial charge >= 0.3 is 0 Å². The monoisotopic (exact) mass is 158 g/mol. The van der Waals surface area contributed by atoms with Gasteiger partial charge in [0.05, 0.1) is 12.8 Å². The van der Waals surface area contributed by atoms with Gasteiger partial charge in [-0.1, -0.05) is 0 Å². The molecule has 0 saturated carbocycles. The molecule has 2 atom stereocenters. The highest BCUT2D eigenvalue weighted by Gasteiger charge is 2.44. The number of carbonyl (C=O) groups is 1. The van der Waals surface area contributed by atoms with Gasteiger partial charge < -0.3 is 4.55 Å². The molecule has 2 aliphatic rings. The van der Waals surface area contributed by atoms with Gasteiger partial charge in [0.25, 0.3) is 0 Å². The van der Waals surface area contributed by atoms with Crippen molar-refractivity contribution in [3.63, 3.8) is 0 Å². The Morgan fingerprint density at radius 3 is 2.30 bits per heavy atom. The molecule has 0 radical (unpaired) electrons. The van der Waals surface area contributed by atoms with Crippen LogP contribution in [0, 0.1) is 0 Å². The van der Waals surface area contributed by atoms with Crippen LogP contribution in [-0.2, 0) is 16.0 Å². The first kappa shape index (κ1) is 6.68. The van der Waals surface area contributed by atoms with Gasteiger partial charge in [0, 0.05) is 12.8 Å². The van der Waals surface area contributed by atoms with E-state index >= 15 is 0 Å². The average molecular weight is 158 g/mol. The Hall–Kier alpha value is -0.0200. The number of rotatable bonds is 0. The molecule has 2 saturated heterocycles. The van der Waals surface area contributed by atoms with E-state index in [1.807, 2.05) is 0 Å². The summed E-state index contributed by atoms with van der Waals surface area (Å²) in [6.07, 6.45) is 3.21. The van der Waals surface area contributed by atoms with Crippen LogP contribution in [0.4, 0.5) is 0 Å². The maximum atomic E-state index is 11.3. The van der Waals surface area contributed by atoms with Gasteiger partial charge in [-0.05, 0) is 11.2 Å². The van der Waals surface area contributed by atoms with Gasteiger partial charge in [0.1, 0.15) is 16.3 Å². The van der Waals surface area contributed by atoms with Crippen LogP contribution in [0.1, 0.15) is 25.7 Å². The highest BCUT2D eigenvalue weighted by molar-refractivity contribution is 7.93. The molecule has 2 nitrogen and oxygen atoms in total. The molecular formula is C7H10O2S. The quantitative estimate of drug-likeness (QED) is 0.485. The Balaban J connectivity index is 2.16. The second kappa shape index (κ2) is 2.24. The molecule has 10 heavy (non-hydrogen) atoms. The van der Waals surface area contributed by atoms with Crippen molar-refractivity contribution in [1.82, 2.24) is 0 Å². The first-order chi connectivity index (χ1) is 4.77. The van der Waals surface area contributed by atoms with Crippen LogP contribution >= 0.6 is 0 Å². The van der Waals surface area contributed by atoms with Crippen LogP contribution in [0.15, 0.2) is 0 Å². The van der Waals surface area contributed by atoms with E-state index in [1.54, 1.807) is 0 Å². The Morgan fingerprint density at radius 2 is 1.80 bits per heavy atom. The minimum absolute atomic E-state index is 0.228. The van der Waals surface area contributed by atoms with Crippen molar-refractivity contribution >= 4 is 17.0 Å². The molecule has 56 valence electrons. The van der Waals surface area contributed by atoms with Gasteiger partial charge in [-0.3, -0.25) is 4.79 Å². The van der Waals surface area contributed by atoms with E-state index in [-0.39, 0.29) is 10.5 Å². The Labute approximate surface area is 63.2 Å². The first-order valence-corrected chi connectivity index (χ1v) is 4.96. The lowest BCUT2D eigenvalue weighted by Crippen LogP contribution is -2.32. The minimum atomic E-state index is -0.660. The van der Waals surface area contributed by atoms with Gasteiger partial charge in [0.2, 0.25) is 0 Å². The van der Waals surface area contributed by atoms with Gasteiger partial charge in [0.15, 0.2) is 0 Å². The molecule has 0 N–H and O–H groups in total. The molecule has 3 heteroatoms. The van der Waals surface area contributed by atoms with Gasteiger partial charge in [-0.25, -0.2) is 0 Å². The lowest BCUT2D eigenvalue weighted by molar-refractivity contribution is -0.119. The zero-order chi connectivity index (χ0) is 7.14. The topological polar surface area (TPSA) is 40.1 Å². The van der Waals surface area contributed by atoms with Gasteiger partial charge in [-0.2, -0.15) is 0 Å². The van der Waals surface area contributed by atoms with Crippen LogP contribution in [0.3, 0.4) is 0 Å². The smallest absolute Gasteiger partial charge is 0.142 e. The predicted molar refractivity (Wildman–Crippen MR) is 39.2 cm³/mol. The highest BCUT2D eigenvalue weighted by atomic mass is 32.2. The second-order valence-electron chi connectivity index (χ2n) is 3.10. The van der Waals surface area contributed by atoms with E-state index in [0.717, 1.165) is 12.8 Å². The summed E-state index contributed by atoms with van der Waals surface area (Å²) in [6.45, 7) is 0. The Bertz CT molecular complexity index is 153. The second-order valence-corrected chi connectivity index (χ2v) is 5.09. The first-order valence-electron chi connectivity index (χ1n) is 3.68. The summed E-state index contributed by atoms with van der Waals surface area (Å²) in [6, 6.07) is 0. The molecule has 0 amide bonds. The molecule has 0 aromatic carbocycles. The lowest BCUT2D eigenvalue weighted by atomic mass is 10.2.